The van der Waals surface area contributed by atoms with Crippen molar-refractivity contribution in [3.8, 4) is 0 Å². The summed E-state index contributed by atoms with van der Waals surface area (Å²) < 4.78 is 0. The molecule has 0 aromatic carbocycles. The van der Waals surface area contributed by atoms with Crippen LogP contribution in [0.15, 0.2) is 16.8 Å². The molecule has 0 saturated carbocycles. The fourth-order valence-electron chi connectivity index (χ4n) is 2.07. The minimum atomic E-state index is 0.655. The predicted molar refractivity (Wildman–Crippen MR) is 83.7 cm³/mol. The smallest absolute Gasteiger partial charge is 0.0295 e. The maximum absolute atomic E-state index is 3.75. The van der Waals surface area contributed by atoms with E-state index in [0.717, 1.165) is 11.8 Å². The predicted octanol–water partition coefficient (Wildman–Crippen LogP) is 3.51. The maximum atomic E-state index is 3.75. The van der Waals surface area contributed by atoms with Crippen LogP contribution < -0.4 is 5.32 Å². The Morgan fingerprint density at radius 2 is 2.41 bits per heavy atom. The number of hydrogen-bond donors (Lipinski definition) is 1. The summed E-state index contributed by atoms with van der Waals surface area (Å²) in [6.07, 6.45) is 2.42. The van der Waals surface area contributed by atoms with Crippen molar-refractivity contribution in [2.45, 2.75) is 31.1 Å². The van der Waals surface area contributed by atoms with Crippen LogP contribution >= 0.6 is 34.9 Å². The van der Waals surface area contributed by atoms with Gasteiger partial charge >= 0.3 is 0 Å². The Bertz CT molecular complexity index is 294. The van der Waals surface area contributed by atoms with Crippen LogP contribution in [0.2, 0.25) is 0 Å². The number of nitrogens with one attached hydrogen (secondary N) is 1. The molecule has 2 atom stereocenters. The molecule has 96 valence electrons. The van der Waals surface area contributed by atoms with Gasteiger partial charge in [0, 0.05) is 28.6 Å². The Morgan fingerprint density at radius 1 is 1.47 bits per heavy atom. The van der Waals surface area contributed by atoms with E-state index in [4.69, 9.17) is 0 Å². The fourth-order valence-corrected chi connectivity index (χ4v) is 5.64. The molecule has 2 rings (SSSR count). The second-order valence-corrected chi connectivity index (χ2v) is 7.66. The summed E-state index contributed by atoms with van der Waals surface area (Å²) in [4.78, 5) is 0. The first-order valence-corrected chi connectivity index (χ1v) is 9.48. The second kappa shape index (κ2) is 7.72. The molecule has 17 heavy (non-hydrogen) atoms. The molecule has 1 fully saturated rings. The SMILES string of the molecule is CCCNC(Cc1ccsc1)C1CSCCS1. The van der Waals surface area contributed by atoms with E-state index < -0.39 is 0 Å². The van der Waals surface area contributed by atoms with Crippen LogP contribution in [0.5, 0.6) is 0 Å². The Morgan fingerprint density at radius 3 is 3.06 bits per heavy atom. The van der Waals surface area contributed by atoms with Crippen LogP contribution in [0, 0.1) is 0 Å². The molecule has 1 aromatic heterocycles. The molecule has 1 aliphatic heterocycles. The van der Waals surface area contributed by atoms with Crippen LogP contribution in [0.1, 0.15) is 18.9 Å². The van der Waals surface area contributed by atoms with Crippen molar-refractivity contribution in [1.29, 1.82) is 0 Å². The molecule has 0 amide bonds. The normalized spacial score (nSPS) is 22.5. The van der Waals surface area contributed by atoms with Crippen LogP contribution in [0.25, 0.3) is 0 Å². The summed E-state index contributed by atoms with van der Waals surface area (Å²) in [5.74, 6) is 3.97. The lowest BCUT2D eigenvalue weighted by Gasteiger charge is -2.30. The Hall–Kier alpha value is 0.360. The van der Waals surface area contributed by atoms with Gasteiger partial charge in [-0.15, -0.1) is 0 Å². The van der Waals surface area contributed by atoms with Crippen molar-refractivity contribution in [3.05, 3.63) is 22.4 Å². The molecule has 0 bridgehead atoms. The third kappa shape index (κ3) is 4.51. The highest BCUT2D eigenvalue weighted by Crippen LogP contribution is 2.28. The summed E-state index contributed by atoms with van der Waals surface area (Å²) in [6, 6.07) is 2.92. The molecule has 1 N–H and O–H groups in total. The summed E-state index contributed by atoms with van der Waals surface area (Å²) in [5.41, 5.74) is 1.50. The van der Waals surface area contributed by atoms with E-state index in [9.17, 15) is 0 Å². The van der Waals surface area contributed by atoms with Gasteiger partial charge < -0.3 is 5.32 Å². The number of hydrogen-bond acceptors (Lipinski definition) is 4. The van der Waals surface area contributed by atoms with E-state index in [1.54, 1.807) is 0 Å². The van der Waals surface area contributed by atoms with Crippen molar-refractivity contribution in [1.82, 2.24) is 5.32 Å². The number of thiophene rings is 1. The van der Waals surface area contributed by atoms with Gasteiger partial charge in [-0.3, -0.25) is 0 Å². The summed E-state index contributed by atoms with van der Waals surface area (Å²) in [6.45, 7) is 3.40. The van der Waals surface area contributed by atoms with E-state index in [2.05, 4.69) is 52.6 Å². The molecular weight excluding hydrogens is 266 g/mol. The third-order valence-electron chi connectivity index (χ3n) is 2.98. The molecule has 2 unspecified atom stereocenters. The van der Waals surface area contributed by atoms with Crippen LogP contribution in [0.3, 0.4) is 0 Å². The largest absolute Gasteiger partial charge is 0.313 e. The van der Waals surface area contributed by atoms with Gasteiger partial charge in [-0.2, -0.15) is 34.9 Å². The zero-order valence-electron chi connectivity index (χ0n) is 10.4. The van der Waals surface area contributed by atoms with Crippen LogP contribution in [0.4, 0.5) is 0 Å². The fraction of sp³-hybridized carbons (Fsp3) is 0.692. The monoisotopic (exact) mass is 287 g/mol. The van der Waals surface area contributed by atoms with Gasteiger partial charge in [0.1, 0.15) is 0 Å². The molecule has 0 radical (unpaired) electrons. The molecule has 1 nitrogen and oxygen atoms in total. The number of thioether (sulfide) groups is 2. The summed E-state index contributed by atoms with van der Waals surface area (Å²) in [5, 5.41) is 9.02. The highest BCUT2D eigenvalue weighted by atomic mass is 32.2. The zero-order valence-corrected chi connectivity index (χ0v) is 12.8. The van der Waals surface area contributed by atoms with Crippen LogP contribution in [-0.4, -0.2) is 35.1 Å². The highest BCUT2D eigenvalue weighted by molar-refractivity contribution is 8.06. The maximum Gasteiger partial charge on any atom is 0.0295 e. The number of rotatable bonds is 6. The van der Waals surface area contributed by atoms with Crippen molar-refractivity contribution in [3.63, 3.8) is 0 Å². The highest BCUT2D eigenvalue weighted by Gasteiger charge is 2.24. The molecule has 1 saturated heterocycles. The lowest BCUT2D eigenvalue weighted by molar-refractivity contribution is 0.506. The average molecular weight is 288 g/mol. The van der Waals surface area contributed by atoms with E-state index in [1.165, 1.54) is 35.7 Å². The Kier molecular flexibility index (Phi) is 6.26. The molecular formula is C13H21NS3. The van der Waals surface area contributed by atoms with Crippen molar-refractivity contribution < 1.29 is 0 Å². The molecule has 0 spiro atoms. The lowest BCUT2D eigenvalue weighted by Crippen LogP contribution is -2.42. The zero-order chi connectivity index (χ0) is 11.9. The van der Waals surface area contributed by atoms with E-state index in [0.29, 0.717) is 6.04 Å². The first-order valence-electron chi connectivity index (χ1n) is 6.34. The first-order chi connectivity index (χ1) is 8.40. The van der Waals surface area contributed by atoms with Gasteiger partial charge in [-0.25, -0.2) is 0 Å². The molecule has 1 aromatic rings. The van der Waals surface area contributed by atoms with Gasteiger partial charge in [0.25, 0.3) is 0 Å². The van der Waals surface area contributed by atoms with Gasteiger partial charge in [0.15, 0.2) is 0 Å². The minimum absolute atomic E-state index is 0.655. The Balaban J connectivity index is 1.91. The molecule has 2 heterocycles. The van der Waals surface area contributed by atoms with Gasteiger partial charge in [-0.05, 0) is 41.8 Å². The topological polar surface area (TPSA) is 12.0 Å². The van der Waals surface area contributed by atoms with Gasteiger partial charge in [-0.1, -0.05) is 6.92 Å². The molecule has 4 heteroatoms. The quantitative estimate of drug-likeness (QED) is 0.860. The Labute approximate surface area is 117 Å². The minimum Gasteiger partial charge on any atom is -0.313 e. The summed E-state index contributed by atoms with van der Waals surface area (Å²) >= 11 is 6.10. The van der Waals surface area contributed by atoms with Crippen LogP contribution in [-0.2, 0) is 6.42 Å². The van der Waals surface area contributed by atoms with E-state index in [1.807, 2.05) is 11.3 Å². The van der Waals surface area contributed by atoms with Crippen molar-refractivity contribution in [2.75, 3.05) is 23.8 Å². The second-order valence-electron chi connectivity index (χ2n) is 4.38. The summed E-state index contributed by atoms with van der Waals surface area (Å²) in [7, 11) is 0. The van der Waals surface area contributed by atoms with Gasteiger partial charge in [0.05, 0.1) is 0 Å². The first kappa shape index (κ1) is 13.8. The van der Waals surface area contributed by atoms with Crippen molar-refractivity contribution in [2.24, 2.45) is 0 Å². The van der Waals surface area contributed by atoms with Crippen molar-refractivity contribution >= 4 is 34.9 Å². The van der Waals surface area contributed by atoms with Gasteiger partial charge in [0.2, 0.25) is 0 Å². The third-order valence-corrected chi connectivity index (χ3v) is 6.64. The van der Waals surface area contributed by atoms with E-state index >= 15 is 0 Å². The van der Waals surface area contributed by atoms with E-state index in [-0.39, 0.29) is 0 Å². The molecule has 1 aliphatic rings. The standard InChI is InChI=1S/C13H21NS3/c1-2-4-14-12(8-11-3-5-15-9-11)13-10-16-6-7-17-13/h3,5,9,12-14H,2,4,6-8,10H2,1H3. The molecule has 0 aliphatic carbocycles. The lowest BCUT2D eigenvalue weighted by atomic mass is 10.1. The average Bonchev–Trinajstić information content (AvgIpc) is 2.88.